The number of aryl methyl sites for hydroxylation is 2. The maximum absolute atomic E-state index is 12.2. The first-order valence-corrected chi connectivity index (χ1v) is 8.34. The maximum atomic E-state index is 12.2. The van der Waals surface area contributed by atoms with Crippen LogP contribution in [0.1, 0.15) is 50.4 Å². The van der Waals surface area contributed by atoms with Gasteiger partial charge in [-0.25, -0.2) is 0 Å². The predicted octanol–water partition coefficient (Wildman–Crippen LogP) is 2.33. The van der Waals surface area contributed by atoms with Gasteiger partial charge < -0.3 is 10.6 Å². The van der Waals surface area contributed by atoms with Crippen molar-refractivity contribution in [3.8, 4) is 0 Å². The standard InChI is InChI=1S/C19H31N3O2/c1-13-8-9-16(10-14(13)2)15(3)20-17(23)11-22(7)12-18(24)21-19(4,5)6/h8-10,15H,11-12H2,1-7H3,(H,20,23)(H,21,24)/t15-/m0/s1. The van der Waals surface area contributed by atoms with Crippen molar-refractivity contribution in [2.45, 2.75) is 53.1 Å². The quantitative estimate of drug-likeness (QED) is 0.840. The largest absolute Gasteiger partial charge is 0.350 e. The summed E-state index contributed by atoms with van der Waals surface area (Å²) in [7, 11) is 1.77. The molecule has 0 fully saturated rings. The molecule has 0 saturated heterocycles. The zero-order valence-electron chi connectivity index (χ0n) is 16.0. The van der Waals surface area contributed by atoms with Crippen LogP contribution in [0.2, 0.25) is 0 Å². The van der Waals surface area contributed by atoms with E-state index in [1.165, 1.54) is 11.1 Å². The van der Waals surface area contributed by atoms with Crippen molar-refractivity contribution in [1.29, 1.82) is 0 Å². The number of carbonyl (C=O) groups excluding carboxylic acids is 2. The first-order chi connectivity index (χ1) is 11.0. The molecule has 0 aliphatic heterocycles. The summed E-state index contributed by atoms with van der Waals surface area (Å²) in [5.74, 6) is -0.174. The smallest absolute Gasteiger partial charge is 0.234 e. The average molecular weight is 333 g/mol. The van der Waals surface area contributed by atoms with E-state index in [2.05, 4.69) is 36.6 Å². The van der Waals surface area contributed by atoms with Gasteiger partial charge in [0.1, 0.15) is 0 Å². The van der Waals surface area contributed by atoms with Gasteiger partial charge in [-0.15, -0.1) is 0 Å². The molecule has 2 amide bonds. The van der Waals surface area contributed by atoms with Gasteiger partial charge in [0.15, 0.2) is 0 Å². The molecule has 0 bridgehead atoms. The van der Waals surface area contributed by atoms with E-state index < -0.39 is 0 Å². The fourth-order valence-electron chi connectivity index (χ4n) is 2.41. The Morgan fingerprint density at radius 3 is 2.21 bits per heavy atom. The molecular formula is C19H31N3O2. The van der Waals surface area contributed by atoms with E-state index in [1.807, 2.05) is 33.8 Å². The lowest BCUT2D eigenvalue weighted by atomic mass is 10.0. The molecule has 1 rings (SSSR count). The molecule has 0 aliphatic carbocycles. The Kier molecular flexibility index (Phi) is 6.96. The van der Waals surface area contributed by atoms with E-state index in [4.69, 9.17) is 0 Å². The number of rotatable bonds is 6. The molecule has 2 N–H and O–H groups in total. The Morgan fingerprint density at radius 1 is 1.08 bits per heavy atom. The topological polar surface area (TPSA) is 61.4 Å². The summed E-state index contributed by atoms with van der Waals surface area (Å²) in [5, 5.41) is 5.87. The number of amides is 2. The van der Waals surface area contributed by atoms with Crippen molar-refractivity contribution in [3.05, 3.63) is 34.9 Å². The molecule has 0 aromatic heterocycles. The molecule has 134 valence electrons. The average Bonchev–Trinajstić information content (AvgIpc) is 2.38. The van der Waals surface area contributed by atoms with Crippen LogP contribution in [-0.4, -0.2) is 42.4 Å². The molecule has 0 spiro atoms. The summed E-state index contributed by atoms with van der Waals surface area (Å²) in [4.78, 5) is 25.8. The Labute approximate surface area is 145 Å². The fraction of sp³-hybridized carbons (Fsp3) is 0.579. The Hall–Kier alpha value is -1.88. The molecule has 24 heavy (non-hydrogen) atoms. The van der Waals surface area contributed by atoms with Crippen molar-refractivity contribution in [2.24, 2.45) is 0 Å². The van der Waals surface area contributed by atoms with Gasteiger partial charge in [0.05, 0.1) is 19.1 Å². The monoisotopic (exact) mass is 333 g/mol. The third kappa shape index (κ3) is 7.13. The highest BCUT2D eigenvalue weighted by atomic mass is 16.2. The molecule has 1 atom stereocenters. The summed E-state index contributed by atoms with van der Waals surface area (Å²) in [6.45, 7) is 12.3. The molecule has 5 nitrogen and oxygen atoms in total. The van der Waals surface area contributed by atoms with Crippen LogP contribution in [0.25, 0.3) is 0 Å². The Bertz CT molecular complexity index is 591. The second kappa shape index (κ2) is 8.29. The number of hydrogen-bond acceptors (Lipinski definition) is 3. The minimum atomic E-state index is -0.266. The van der Waals surface area contributed by atoms with Crippen LogP contribution in [0.3, 0.4) is 0 Å². The number of nitrogens with one attached hydrogen (secondary N) is 2. The molecule has 0 saturated carbocycles. The fourth-order valence-corrected chi connectivity index (χ4v) is 2.41. The van der Waals surface area contributed by atoms with Gasteiger partial charge in [0.2, 0.25) is 11.8 Å². The van der Waals surface area contributed by atoms with Crippen LogP contribution in [0.15, 0.2) is 18.2 Å². The predicted molar refractivity (Wildman–Crippen MR) is 97.9 cm³/mol. The molecule has 0 unspecified atom stereocenters. The lowest BCUT2D eigenvalue weighted by molar-refractivity contribution is -0.125. The molecule has 5 heteroatoms. The molecule has 0 aliphatic rings. The molecule has 0 heterocycles. The molecular weight excluding hydrogens is 302 g/mol. The third-order valence-corrected chi connectivity index (χ3v) is 3.75. The number of likely N-dealkylation sites (N-methyl/N-ethyl adjacent to an activating group) is 1. The summed E-state index contributed by atoms with van der Waals surface area (Å²) < 4.78 is 0. The van der Waals surface area contributed by atoms with Gasteiger partial charge in [-0.3, -0.25) is 14.5 Å². The van der Waals surface area contributed by atoms with Gasteiger partial charge in [0, 0.05) is 5.54 Å². The van der Waals surface area contributed by atoms with E-state index in [9.17, 15) is 9.59 Å². The van der Waals surface area contributed by atoms with Gasteiger partial charge in [-0.1, -0.05) is 18.2 Å². The van der Waals surface area contributed by atoms with Crippen LogP contribution in [0, 0.1) is 13.8 Å². The lowest BCUT2D eigenvalue weighted by Crippen LogP contribution is -2.47. The maximum Gasteiger partial charge on any atom is 0.234 e. The summed E-state index contributed by atoms with van der Waals surface area (Å²) in [5.41, 5.74) is 3.27. The zero-order valence-corrected chi connectivity index (χ0v) is 16.0. The Balaban J connectivity index is 2.50. The molecule has 1 aromatic rings. The van der Waals surface area contributed by atoms with Crippen molar-refractivity contribution in [1.82, 2.24) is 15.5 Å². The summed E-state index contributed by atoms with van der Waals surface area (Å²) in [6, 6.07) is 6.14. The number of carbonyl (C=O) groups is 2. The second-order valence-corrected chi connectivity index (χ2v) is 7.60. The van der Waals surface area contributed by atoms with E-state index >= 15 is 0 Å². The van der Waals surface area contributed by atoms with Crippen LogP contribution in [0.4, 0.5) is 0 Å². The van der Waals surface area contributed by atoms with Crippen molar-refractivity contribution >= 4 is 11.8 Å². The highest BCUT2D eigenvalue weighted by Gasteiger charge is 2.17. The first kappa shape index (κ1) is 20.2. The number of hydrogen-bond donors (Lipinski definition) is 2. The first-order valence-electron chi connectivity index (χ1n) is 8.34. The minimum absolute atomic E-state index is 0.0615. The van der Waals surface area contributed by atoms with Crippen molar-refractivity contribution in [3.63, 3.8) is 0 Å². The minimum Gasteiger partial charge on any atom is -0.350 e. The van der Waals surface area contributed by atoms with Crippen molar-refractivity contribution in [2.75, 3.05) is 20.1 Å². The van der Waals surface area contributed by atoms with E-state index in [0.717, 1.165) is 5.56 Å². The van der Waals surface area contributed by atoms with E-state index in [0.29, 0.717) is 0 Å². The van der Waals surface area contributed by atoms with E-state index in [1.54, 1.807) is 11.9 Å². The normalized spacial score (nSPS) is 12.8. The van der Waals surface area contributed by atoms with Gasteiger partial charge in [0.25, 0.3) is 0 Å². The van der Waals surface area contributed by atoms with Crippen LogP contribution >= 0.6 is 0 Å². The van der Waals surface area contributed by atoms with Crippen LogP contribution in [0.5, 0.6) is 0 Å². The SMILES string of the molecule is Cc1ccc([C@H](C)NC(=O)CN(C)CC(=O)NC(C)(C)C)cc1C. The van der Waals surface area contributed by atoms with Crippen LogP contribution < -0.4 is 10.6 Å². The zero-order chi connectivity index (χ0) is 18.5. The third-order valence-electron chi connectivity index (χ3n) is 3.75. The van der Waals surface area contributed by atoms with Crippen molar-refractivity contribution < 1.29 is 9.59 Å². The number of nitrogens with zero attached hydrogens (tertiary/aromatic N) is 1. The van der Waals surface area contributed by atoms with Crippen LogP contribution in [-0.2, 0) is 9.59 Å². The lowest BCUT2D eigenvalue weighted by Gasteiger charge is -2.23. The van der Waals surface area contributed by atoms with Gasteiger partial charge in [-0.2, -0.15) is 0 Å². The number of benzene rings is 1. The molecule has 1 aromatic carbocycles. The Morgan fingerprint density at radius 2 is 1.67 bits per heavy atom. The highest BCUT2D eigenvalue weighted by Crippen LogP contribution is 2.16. The highest BCUT2D eigenvalue weighted by molar-refractivity contribution is 5.81. The van der Waals surface area contributed by atoms with Gasteiger partial charge >= 0.3 is 0 Å². The summed E-state index contributed by atoms with van der Waals surface area (Å²) >= 11 is 0. The summed E-state index contributed by atoms with van der Waals surface area (Å²) in [6.07, 6.45) is 0. The van der Waals surface area contributed by atoms with Gasteiger partial charge in [-0.05, 0) is 65.3 Å². The molecule has 0 radical (unpaired) electrons. The van der Waals surface area contributed by atoms with E-state index in [-0.39, 0.29) is 36.5 Å². The second-order valence-electron chi connectivity index (χ2n) is 7.60.